The molecule has 2 rings (SSSR count). The van der Waals surface area contributed by atoms with Gasteiger partial charge in [-0.05, 0) is 29.8 Å². The number of carbonyl (C=O) groups is 2. The van der Waals surface area contributed by atoms with E-state index in [0.29, 0.717) is 5.02 Å². The van der Waals surface area contributed by atoms with Gasteiger partial charge in [-0.1, -0.05) is 41.9 Å². The molecule has 20 heavy (non-hydrogen) atoms. The molecule has 5 heteroatoms. The van der Waals surface area contributed by atoms with Gasteiger partial charge in [-0.25, -0.2) is 9.59 Å². The summed E-state index contributed by atoms with van der Waals surface area (Å²) in [6.45, 7) is 0.0232. The first kappa shape index (κ1) is 14.1. The first-order valence-electron chi connectivity index (χ1n) is 5.83. The zero-order valence-corrected chi connectivity index (χ0v) is 11.2. The third-order valence-electron chi connectivity index (χ3n) is 2.40. The second-order valence-electron chi connectivity index (χ2n) is 3.91. The van der Waals surface area contributed by atoms with Gasteiger partial charge in [0.15, 0.2) is 0 Å². The van der Waals surface area contributed by atoms with Gasteiger partial charge in [0.2, 0.25) is 0 Å². The molecule has 0 heterocycles. The highest BCUT2D eigenvalue weighted by molar-refractivity contribution is 6.31. The van der Waals surface area contributed by atoms with E-state index in [0.717, 1.165) is 5.56 Å². The van der Waals surface area contributed by atoms with Crippen LogP contribution in [0.25, 0.3) is 0 Å². The molecule has 0 spiro atoms. The van der Waals surface area contributed by atoms with Crippen LogP contribution in [0.3, 0.4) is 0 Å². The Morgan fingerprint density at radius 2 is 1.55 bits per heavy atom. The maximum Gasteiger partial charge on any atom is 0.422 e. The zero-order valence-electron chi connectivity index (χ0n) is 10.4. The van der Waals surface area contributed by atoms with Crippen LogP contribution in [0.4, 0.5) is 0 Å². The van der Waals surface area contributed by atoms with Crippen LogP contribution in [0.5, 0.6) is 5.75 Å². The lowest BCUT2D eigenvalue weighted by Crippen LogP contribution is -2.22. The van der Waals surface area contributed by atoms with Crippen LogP contribution in [-0.2, 0) is 20.9 Å². The van der Waals surface area contributed by atoms with Gasteiger partial charge in [0.25, 0.3) is 0 Å². The van der Waals surface area contributed by atoms with Crippen LogP contribution in [0, 0.1) is 0 Å². The second kappa shape index (κ2) is 6.73. The molecule has 0 unspecified atom stereocenters. The normalized spacial score (nSPS) is 9.85. The van der Waals surface area contributed by atoms with Crippen LogP contribution >= 0.6 is 11.6 Å². The lowest BCUT2D eigenvalue weighted by molar-refractivity contribution is -0.163. The third kappa shape index (κ3) is 4.10. The smallest absolute Gasteiger partial charge is 0.422 e. The Morgan fingerprint density at radius 1 is 0.900 bits per heavy atom. The lowest BCUT2D eigenvalue weighted by Gasteiger charge is -2.05. The highest BCUT2D eigenvalue weighted by Gasteiger charge is 2.18. The number of rotatable bonds is 3. The summed E-state index contributed by atoms with van der Waals surface area (Å²) in [5, 5.41) is 0.511. The third-order valence-corrected chi connectivity index (χ3v) is 2.66. The average molecular weight is 291 g/mol. The van der Waals surface area contributed by atoms with Crippen LogP contribution < -0.4 is 4.74 Å². The van der Waals surface area contributed by atoms with Gasteiger partial charge in [-0.3, -0.25) is 0 Å². The number of carbonyl (C=O) groups excluding carboxylic acids is 2. The Labute approximate surface area is 120 Å². The molecule has 0 bridgehead atoms. The summed E-state index contributed by atoms with van der Waals surface area (Å²) in [6, 6.07) is 15.1. The number of hydrogen-bond acceptors (Lipinski definition) is 4. The Kier molecular flexibility index (Phi) is 4.74. The zero-order chi connectivity index (χ0) is 14.4. The number of hydrogen-bond donors (Lipinski definition) is 0. The first-order chi connectivity index (χ1) is 9.65. The molecular weight excluding hydrogens is 280 g/mol. The van der Waals surface area contributed by atoms with E-state index in [1.807, 2.05) is 18.2 Å². The topological polar surface area (TPSA) is 52.6 Å². The Morgan fingerprint density at radius 3 is 2.20 bits per heavy atom. The van der Waals surface area contributed by atoms with Crippen molar-refractivity contribution in [2.45, 2.75) is 6.61 Å². The Balaban J connectivity index is 1.86. The number of esters is 2. The van der Waals surface area contributed by atoms with Crippen molar-refractivity contribution in [3.63, 3.8) is 0 Å². The predicted molar refractivity (Wildman–Crippen MR) is 73.3 cm³/mol. The minimum absolute atomic E-state index is 0.0232. The monoisotopic (exact) mass is 290 g/mol. The van der Waals surface area contributed by atoms with E-state index in [9.17, 15) is 9.59 Å². The van der Waals surface area contributed by atoms with Gasteiger partial charge < -0.3 is 9.47 Å². The van der Waals surface area contributed by atoms with Gasteiger partial charge in [-0.2, -0.15) is 0 Å². The molecule has 0 atom stereocenters. The van der Waals surface area contributed by atoms with E-state index < -0.39 is 11.9 Å². The molecule has 102 valence electrons. The first-order valence-corrected chi connectivity index (χ1v) is 6.21. The number of benzene rings is 2. The molecule has 4 nitrogen and oxygen atoms in total. The van der Waals surface area contributed by atoms with E-state index in [1.165, 1.54) is 12.1 Å². The fourth-order valence-corrected chi connectivity index (χ4v) is 1.56. The van der Waals surface area contributed by atoms with Gasteiger partial charge in [0.05, 0.1) is 0 Å². The summed E-state index contributed by atoms with van der Waals surface area (Å²) in [6.07, 6.45) is 0. The number of ether oxygens (including phenoxy) is 2. The van der Waals surface area contributed by atoms with Crippen LogP contribution in [0.1, 0.15) is 5.56 Å². The van der Waals surface area contributed by atoms with Crippen molar-refractivity contribution in [2.24, 2.45) is 0 Å². The quantitative estimate of drug-likeness (QED) is 0.495. The highest BCUT2D eigenvalue weighted by atomic mass is 35.5. The number of halogens is 1. The molecule has 0 saturated carbocycles. The summed E-state index contributed by atoms with van der Waals surface area (Å²) in [5.41, 5.74) is 0.792. The molecule has 0 saturated heterocycles. The second-order valence-corrected chi connectivity index (χ2v) is 4.34. The maximum atomic E-state index is 11.5. The van der Waals surface area contributed by atoms with Crippen molar-refractivity contribution in [1.82, 2.24) is 0 Å². The maximum absolute atomic E-state index is 11.5. The van der Waals surface area contributed by atoms with Crippen LogP contribution in [0.15, 0.2) is 54.6 Å². The summed E-state index contributed by atoms with van der Waals surface area (Å²) in [7, 11) is 0. The van der Waals surface area contributed by atoms with Crippen LogP contribution in [-0.4, -0.2) is 11.9 Å². The van der Waals surface area contributed by atoms with Crippen molar-refractivity contribution in [3.05, 3.63) is 65.2 Å². The van der Waals surface area contributed by atoms with E-state index in [-0.39, 0.29) is 12.4 Å². The largest absolute Gasteiger partial charge is 0.452 e. The molecule has 0 aromatic heterocycles. The fourth-order valence-electron chi connectivity index (χ4n) is 1.43. The lowest BCUT2D eigenvalue weighted by atomic mass is 10.2. The minimum atomic E-state index is -1.07. The minimum Gasteiger partial charge on any atom is -0.452 e. The highest BCUT2D eigenvalue weighted by Crippen LogP contribution is 2.15. The van der Waals surface area contributed by atoms with E-state index in [2.05, 4.69) is 0 Å². The molecule has 0 aliphatic heterocycles. The van der Waals surface area contributed by atoms with E-state index in [1.54, 1.807) is 24.3 Å². The van der Waals surface area contributed by atoms with E-state index in [4.69, 9.17) is 21.1 Å². The summed E-state index contributed by atoms with van der Waals surface area (Å²) in [5.74, 6) is -1.87. The van der Waals surface area contributed by atoms with Crippen molar-refractivity contribution in [3.8, 4) is 5.75 Å². The van der Waals surface area contributed by atoms with Gasteiger partial charge in [0, 0.05) is 5.02 Å². The van der Waals surface area contributed by atoms with Crippen molar-refractivity contribution < 1.29 is 19.1 Å². The molecule has 2 aromatic carbocycles. The molecule has 0 fully saturated rings. The molecule has 0 N–H and O–H groups in total. The average Bonchev–Trinajstić information content (AvgIpc) is 2.48. The van der Waals surface area contributed by atoms with Crippen molar-refractivity contribution in [1.29, 1.82) is 0 Å². The van der Waals surface area contributed by atoms with Crippen molar-refractivity contribution >= 4 is 23.5 Å². The van der Waals surface area contributed by atoms with Gasteiger partial charge >= 0.3 is 11.9 Å². The molecule has 2 aromatic rings. The van der Waals surface area contributed by atoms with Crippen molar-refractivity contribution in [2.75, 3.05) is 0 Å². The van der Waals surface area contributed by atoms with Gasteiger partial charge in [-0.15, -0.1) is 0 Å². The molecule has 0 radical (unpaired) electrons. The van der Waals surface area contributed by atoms with E-state index >= 15 is 0 Å². The molecule has 0 amide bonds. The predicted octanol–water partition coefficient (Wildman–Crippen LogP) is 2.99. The Hall–Kier alpha value is -2.33. The van der Waals surface area contributed by atoms with Gasteiger partial charge in [0.1, 0.15) is 12.4 Å². The molecular formula is C15H11ClO4. The fraction of sp³-hybridized carbons (Fsp3) is 0.0667. The SMILES string of the molecule is O=C(OCc1ccccc1)C(=O)Oc1ccc(Cl)cc1. The molecule has 0 aliphatic rings. The summed E-state index contributed by atoms with van der Waals surface area (Å²) in [4.78, 5) is 23.0. The standard InChI is InChI=1S/C15H11ClO4/c16-12-6-8-13(9-7-12)20-15(18)14(17)19-10-11-4-2-1-3-5-11/h1-9H,10H2. The van der Waals surface area contributed by atoms with Crippen LogP contribution in [0.2, 0.25) is 5.02 Å². The summed E-state index contributed by atoms with van der Waals surface area (Å²) >= 11 is 5.70. The summed E-state index contributed by atoms with van der Waals surface area (Å²) < 4.78 is 9.69. The Bertz CT molecular complexity index is 593. The molecule has 0 aliphatic carbocycles.